The predicted molar refractivity (Wildman–Crippen MR) is 72.8 cm³/mol. The topological polar surface area (TPSA) is 35.5 Å². The van der Waals surface area contributed by atoms with E-state index in [1.165, 1.54) is 0 Å². The number of carbonyl (C=O) groups excluding carboxylic acids is 1. The molecule has 0 aliphatic rings. The van der Waals surface area contributed by atoms with E-state index >= 15 is 0 Å². The Labute approximate surface area is 110 Å². The summed E-state index contributed by atoms with van der Waals surface area (Å²) in [5.41, 5.74) is 3.17. The van der Waals surface area contributed by atoms with E-state index in [1.54, 1.807) is 6.92 Å². The van der Waals surface area contributed by atoms with Gasteiger partial charge in [-0.1, -0.05) is 25.6 Å². The molecule has 3 nitrogen and oxygen atoms in total. The van der Waals surface area contributed by atoms with Crippen molar-refractivity contribution in [1.82, 2.24) is 0 Å². The Hall–Kier alpha value is -0.503. The van der Waals surface area contributed by atoms with Crippen LogP contribution in [0.3, 0.4) is 0 Å². The van der Waals surface area contributed by atoms with Crippen LogP contribution >= 0.6 is 11.6 Å². The van der Waals surface area contributed by atoms with Gasteiger partial charge >= 0.3 is 5.97 Å². The molecule has 5 heteroatoms. The lowest BCUT2D eigenvalue weighted by atomic mass is 10.3. The van der Waals surface area contributed by atoms with Gasteiger partial charge in [0.05, 0.1) is 6.61 Å². The van der Waals surface area contributed by atoms with Crippen molar-refractivity contribution in [3.63, 3.8) is 0 Å². The van der Waals surface area contributed by atoms with Crippen molar-refractivity contribution in [2.24, 2.45) is 0 Å². The quantitative estimate of drug-likeness (QED) is 0.324. The molecule has 0 fully saturated rings. The molecule has 98 valence electrons. The molecule has 0 amide bonds. The molecule has 0 spiro atoms. The molecule has 0 heterocycles. The molecular formula is C12H21ClO3Si. The van der Waals surface area contributed by atoms with Gasteiger partial charge in [0, 0.05) is 5.88 Å². The summed E-state index contributed by atoms with van der Waals surface area (Å²) in [6.45, 7) is 8.83. The van der Waals surface area contributed by atoms with E-state index in [1.807, 2.05) is 0 Å². The van der Waals surface area contributed by atoms with Crippen LogP contribution in [-0.4, -0.2) is 39.2 Å². The number of carbonyl (C=O) groups is 1. The monoisotopic (exact) mass is 276 g/mol. The van der Waals surface area contributed by atoms with E-state index in [2.05, 4.69) is 31.1 Å². The van der Waals surface area contributed by atoms with E-state index in [9.17, 15) is 4.79 Å². The second kappa shape index (κ2) is 8.57. The number of halogens is 1. The van der Waals surface area contributed by atoms with Crippen molar-refractivity contribution in [3.05, 3.63) is 0 Å². The number of ether oxygens (including phenoxy) is 2. The normalized spacial score (nSPS) is 12.5. The van der Waals surface area contributed by atoms with E-state index in [4.69, 9.17) is 21.1 Å². The Morgan fingerprint density at radius 1 is 1.41 bits per heavy atom. The molecule has 17 heavy (non-hydrogen) atoms. The number of hydrogen-bond acceptors (Lipinski definition) is 3. The Morgan fingerprint density at radius 2 is 2.06 bits per heavy atom. The highest BCUT2D eigenvalue weighted by atomic mass is 35.5. The molecule has 0 saturated heterocycles. The van der Waals surface area contributed by atoms with Crippen molar-refractivity contribution in [1.29, 1.82) is 0 Å². The molecule has 1 unspecified atom stereocenters. The Kier molecular flexibility index (Phi) is 8.31. The van der Waals surface area contributed by atoms with Gasteiger partial charge in [0.2, 0.25) is 0 Å². The molecule has 0 aromatic carbocycles. The van der Waals surface area contributed by atoms with Gasteiger partial charge in [0.15, 0.2) is 6.10 Å². The van der Waals surface area contributed by atoms with Gasteiger partial charge in [0.1, 0.15) is 14.7 Å². The highest BCUT2D eigenvalue weighted by Crippen LogP contribution is 2.03. The van der Waals surface area contributed by atoms with Crippen molar-refractivity contribution in [2.45, 2.75) is 39.1 Å². The maximum absolute atomic E-state index is 11.5. The lowest BCUT2D eigenvalue weighted by molar-refractivity contribution is -0.155. The fourth-order valence-electron chi connectivity index (χ4n) is 1.05. The molecule has 0 bridgehead atoms. The average molecular weight is 277 g/mol. The minimum absolute atomic E-state index is 0.255. The molecule has 0 rings (SSSR count). The predicted octanol–water partition coefficient (Wildman–Crippen LogP) is 2.44. The van der Waals surface area contributed by atoms with Gasteiger partial charge in [-0.25, -0.2) is 4.79 Å². The third-order valence-electron chi connectivity index (χ3n) is 1.74. The van der Waals surface area contributed by atoms with Crippen molar-refractivity contribution in [3.8, 4) is 11.5 Å². The summed E-state index contributed by atoms with van der Waals surface area (Å²) in [7, 11) is -1.37. The van der Waals surface area contributed by atoms with E-state index in [0.717, 1.165) is 0 Å². The first kappa shape index (κ1) is 16.5. The zero-order valence-electron chi connectivity index (χ0n) is 11.0. The summed E-state index contributed by atoms with van der Waals surface area (Å²) in [5, 5.41) is 0. The second-order valence-corrected chi connectivity index (χ2v) is 9.71. The number of esters is 1. The highest BCUT2D eigenvalue weighted by Gasteiger charge is 2.19. The summed E-state index contributed by atoms with van der Waals surface area (Å²) >= 11 is 5.61. The fraction of sp³-hybridized carbons (Fsp3) is 0.750. The molecule has 1 atom stereocenters. The highest BCUT2D eigenvalue weighted by molar-refractivity contribution is 6.83. The van der Waals surface area contributed by atoms with Crippen molar-refractivity contribution >= 4 is 25.6 Å². The molecular weight excluding hydrogens is 256 g/mol. The van der Waals surface area contributed by atoms with Gasteiger partial charge in [-0.2, -0.15) is 0 Å². The van der Waals surface area contributed by atoms with Gasteiger partial charge in [-0.05, 0) is 13.3 Å². The SMILES string of the molecule is CCOC(=O)C(CCCl)OCC#C[Si](C)(C)C. The standard InChI is InChI=1S/C12H21ClO3Si/c1-5-15-12(14)11(7-8-13)16-9-6-10-17(2,3)4/h11H,5,7-9H2,1-4H3. The molecule has 0 N–H and O–H groups in total. The molecule has 0 aromatic rings. The van der Waals surface area contributed by atoms with E-state index < -0.39 is 14.2 Å². The molecule has 0 aliphatic heterocycles. The van der Waals surface area contributed by atoms with Crippen LogP contribution in [0.25, 0.3) is 0 Å². The van der Waals surface area contributed by atoms with Crippen LogP contribution in [0.1, 0.15) is 13.3 Å². The van der Waals surface area contributed by atoms with Crippen LogP contribution < -0.4 is 0 Å². The summed E-state index contributed by atoms with van der Waals surface area (Å²) in [5.74, 6) is 2.96. The van der Waals surface area contributed by atoms with Crippen LogP contribution in [-0.2, 0) is 14.3 Å². The lowest BCUT2D eigenvalue weighted by Gasteiger charge is -2.13. The van der Waals surface area contributed by atoms with Crippen LogP contribution in [0.4, 0.5) is 0 Å². The molecule has 0 aliphatic carbocycles. The smallest absolute Gasteiger partial charge is 0.335 e. The van der Waals surface area contributed by atoms with Crippen LogP contribution in [0.2, 0.25) is 19.6 Å². The maximum Gasteiger partial charge on any atom is 0.335 e. The molecule has 0 aromatic heterocycles. The number of rotatable bonds is 6. The maximum atomic E-state index is 11.5. The van der Waals surface area contributed by atoms with Crippen LogP contribution in [0, 0.1) is 11.5 Å². The lowest BCUT2D eigenvalue weighted by Crippen LogP contribution is -2.27. The second-order valence-electron chi connectivity index (χ2n) is 4.58. The first-order valence-corrected chi connectivity index (χ1v) is 9.78. The van der Waals surface area contributed by atoms with Gasteiger partial charge < -0.3 is 9.47 Å². The van der Waals surface area contributed by atoms with Crippen LogP contribution in [0.15, 0.2) is 0 Å². The number of alkyl halides is 1. The summed E-state index contributed by atoms with van der Waals surface area (Å²) in [6, 6.07) is 0. The summed E-state index contributed by atoms with van der Waals surface area (Å²) in [4.78, 5) is 11.5. The molecule has 0 radical (unpaired) electrons. The molecule has 0 saturated carbocycles. The third-order valence-corrected chi connectivity index (χ3v) is 2.89. The fourth-order valence-corrected chi connectivity index (χ4v) is 1.85. The summed E-state index contributed by atoms with van der Waals surface area (Å²) < 4.78 is 10.3. The first-order chi connectivity index (χ1) is 7.90. The van der Waals surface area contributed by atoms with Gasteiger partial charge in [-0.3, -0.25) is 0 Å². The summed E-state index contributed by atoms with van der Waals surface area (Å²) in [6.07, 6.45) is -0.141. The van der Waals surface area contributed by atoms with Crippen molar-refractivity contribution in [2.75, 3.05) is 19.1 Å². The van der Waals surface area contributed by atoms with E-state index in [-0.39, 0.29) is 12.6 Å². The van der Waals surface area contributed by atoms with Crippen LogP contribution in [0.5, 0.6) is 0 Å². The Bertz CT molecular complexity index is 288. The van der Waals surface area contributed by atoms with Gasteiger partial charge in [-0.15, -0.1) is 17.1 Å². The minimum Gasteiger partial charge on any atom is -0.464 e. The first-order valence-electron chi connectivity index (χ1n) is 5.75. The Morgan fingerprint density at radius 3 is 2.53 bits per heavy atom. The zero-order chi connectivity index (χ0) is 13.3. The van der Waals surface area contributed by atoms with E-state index in [0.29, 0.717) is 18.9 Å². The van der Waals surface area contributed by atoms with Gasteiger partial charge in [0.25, 0.3) is 0 Å². The van der Waals surface area contributed by atoms with Crippen molar-refractivity contribution < 1.29 is 14.3 Å². The largest absolute Gasteiger partial charge is 0.464 e. The minimum atomic E-state index is -1.37. The third kappa shape index (κ3) is 9.22. The zero-order valence-corrected chi connectivity index (χ0v) is 12.8. The Balaban J connectivity index is 4.17. The average Bonchev–Trinajstić information content (AvgIpc) is 2.21. The number of hydrogen-bond donors (Lipinski definition) is 0.